The second-order valence-electron chi connectivity index (χ2n) is 10.4. The average Bonchev–Trinajstić information content (AvgIpc) is 3.29. The van der Waals surface area contributed by atoms with Crippen LogP contribution in [-0.4, -0.2) is 36.3 Å². The van der Waals surface area contributed by atoms with Crippen molar-refractivity contribution in [3.05, 3.63) is 34.9 Å². The third-order valence-electron chi connectivity index (χ3n) is 7.58. The molecule has 3 N–H and O–H groups in total. The average molecular weight is 464 g/mol. The topological polar surface area (TPSA) is 84.7 Å². The summed E-state index contributed by atoms with van der Waals surface area (Å²) in [6.07, 6.45) is 4.73. The largest absolute Gasteiger partial charge is 0.355 e. The number of halogens is 1. The molecule has 3 rings (SSSR count). The molecule has 7 heteroatoms. The summed E-state index contributed by atoms with van der Waals surface area (Å²) >= 11 is 6.08. The summed E-state index contributed by atoms with van der Waals surface area (Å²) in [7, 11) is 0. The van der Waals surface area contributed by atoms with Gasteiger partial charge in [-0.15, -0.1) is 0 Å². The van der Waals surface area contributed by atoms with E-state index in [9.17, 15) is 9.59 Å². The molecule has 6 nitrogen and oxygen atoms in total. The molecule has 2 amide bonds. The van der Waals surface area contributed by atoms with Crippen LogP contribution in [0.25, 0.3) is 0 Å². The highest BCUT2D eigenvalue weighted by Crippen LogP contribution is 2.48. The lowest BCUT2D eigenvalue weighted by atomic mass is 9.66. The van der Waals surface area contributed by atoms with Gasteiger partial charge in [0.15, 0.2) is 0 Å². The quantitative estimate of drug-likeness (QED) is 0.591. The Bertz CT molecular complexity index is 805. The molecule has 1 aromatic carbocycles. The molecule has 2 atom stereocenters. The molecule has 1 aliphatic carbocycles. The lowest BCUT2D eigenvalue weighted by Crippen LogP contribution is -2.60. The van der Waals surface area contributed by atoms with Gasteiger partial charge in [0.05, 0.1) is 5.92 Å². The van der Waals surface area contributed by atoms with Crippen molar-refractivity contribution in [1.29, 1.82) is 0 Å². The summed E-state index contributed by atoms with van der Waals surface area (Å²) in [6.45, 7) is 9.70. The molecular weight excluding hydrogens is 426 g/mol. The molecular formula is C25H38ClN3O3. The fourth-order valence-electron chi connectivity index (χ4n) is 5.43. The zero-order valence-corrected chi connectivity index (χ0v) is 20.6. The first kappa shape index (κ1) is 25.0. The van der Waals surface area contributed by atoms with Gasteiger partial charge in [-0.05, 0) is 36.5 Å². The van der Waals surface area contributed by atoms with E-state index in [1.807, 2.05) is 43.0 Å². The Morgan fingerprint density at radius 3 is 2.38 bits per heavy atom. The van der Waals surface area contributed by atoms with Crippen LogP contribution in [0.1, 0.15) is 65.4 Å². The fourth-order valence-corrected chi connectivity index (χ4v) is 5.56. The molecule has 2 fully saturated rings. The first-order valence-electron chi connectivity index (χ1n) is 11.8. The number of nitrogens with zero attached hydrogens (tertiary/aromatic N) is 1. The molecule has 32 heavy (non-hydrogen) atoms. The van der Waals surface area contributed by atoms with E-state index >= 15 is 0 Å². The minimum Gasteiger partial charge on any atom is -0.355 e. The molecule has 1 heterocycles. The van der Waals surface area contributed by atoms with Crippen LogP contribution in [0.15, 0.2) is 24.3 Å². The predicted octanol–water partition coefficient (Wildman–Crippen LogP) is 4.26. The van der Waals surface area contributed by atoms with Crippen molar-refractivity contribution in [2.24, 2.45) is 29.1 Å². The second kappa shape index (κ2) is 10.1. The van der Waals surface area contributed by atoms with Crippen molar-refractivity contribution >= 4 is 23.4 Å². The lowest BCUT2D eigenvalue weighted by molar-refractivity contribution is -0.180. The van der Waals surface area contributed by atoms with E-state index in [0.29, 0.717) is 31.1 Å². The molecule has 0 aromatic heterocycles. The van der Waals surface area contributed by atoms with Gasteiger partial charge in [-0.3, -0.25) is 14.4 Å². The van der Waals surface area contributed by atoms with Gasteiger partial charge < -0.3 is 10.2 Å². The minimum atomic E-state index is -0.710. The third kappa shape index (κ3) is 4.97. The number of hydrogen-bond donors (Lipinski definition) is 2. The Morgan fingerprint density at radius 1 is 1.22 bits per heavy atom. The van der Waals surface area contributed by atoms with Crippen molar-refractivity contribution in [1.82, 2.24) is 10.2 Å². The third-order valence-corrected chi connectivity index (χ3v) is 7.83. The molecule has 1 saturated carbocycles. The lowest BCUT2D eigenvalue weighted by Gasteiger charge is -2.52. The number of nitrogens with two attached hydrogens (primary N) is 1. The van der Waals surface area contributed by atoms with Crippen molar-refractivity contribution in [2.75, 3.05) is 19.6 Å². The maximum atomic E-state index is 13.5. The summed E-state index contributed by atoms with van der Waals surface area (Å²) in [5, 5.41) is 3.72. The second-order valence-corrected chi connectivity index (χ2v) is 10.9. The van der Waals surface area contributed by atoms with Crippen LogP contribution in [0.3, 0.4) is 0 Å². The monoisotopic (exact) mass is 463 g/mol. The first-order valence-corrected chi connectivity index (χ1v) is 12.2. The Kier molecular flexibility index (Phi) is 7.89. The van der Waals surface area contributed by atoms with Crippen molar-refractivity contribution in [3.63, 3.8) is 0 Å². The van der Waals surface area contributed by atoms with E-state index in [-0.39, 0.29) is 29.6 Å². The van der Waals surface area contributed by atoms with E-state index < -0.39 is 11.0 Å². The smallest absolute Gasteiger partial charge is 0.227 e. The number of likely N-dealkylation sites (tertiary alicyclic amines) is 1. The molecule has 178 valence electrons. The van der Waals surface area contributed by atoms with Gasteiger partial charge in [0.2, 0.25) is 11.8 Å². The van der Waals surface area contributed by atoms with E-state index in [2.05, 4.69) is 19.2 Å². The molecule has 0 spiro atoms. The number of carbonyl (C=O) groups is 2. The van der Waals surface area contributed by atoms with E-state index in [4.69, 9.17) is 22.3 Å². The Morgan fingerprint density at radius 2 is 1.84 bits per heavy atom. The van der Waals surface area contributed by atoms with E-state index in [1.165, 1.54) is 0 Å². The molecule has 0 bridgehead atoms. The van der Waals surface area contributed by atoms with Gasteiger partial charge >= 0.3 is 0 Å². The van der Waals surface area contributed by atoms with Crippen molar-refractivity contribution < 1.29 is 14.4 Å². The van der Waals surface area contributed by atoms with Crippen LogP contribution < -0.4 is 11.2 Å². The van der Waals surface area contributed by atoms with Gasteiger partial charge in [-0.2, -0.15) is 0 Å². The molecule has 0 radical (unpaired) electrons. The summed E-state index contributed by atoms with van der Waals surface area (Å²) in [5.74, 6) is 6.03. The minimum absolute atomic E-state index is 0.0847. The predicted molar refractivity (Wildman–Crippen MR) is 127 cm³/mol. The molecule has 1 aromatic rings. The van der Waals surface area contributed by atoms with Gasteiger partial charge in [0.1, 0.15) is 5.60 Å². The fraction of sp³-hybridized carbons (Fsp3) is 0.680. The molecule has 1 aliphatic heterocycles. The summed E-state index contributed by atoms with van der Waals surface area (Å²) in [6, 6.07) is 7.58. The number of rotatable bonds is 7. The molecule has 2 aliphatic rings. The number of hydrogen-bond acceptors (Lipinski definition) is 4. The van der Waals surface area contributed by atoms with Crippen LogP contribution in [0.5, 0.6) is 0 Å². The Balaban J connectivity index is 1.71. The normalized spacial score (nSPS) is 24.5. The van der Waals surface area contributed by atoms with Gasteiger partial charge in [0.25, 0.3) is 0 Å². The highest BCUT2D eigenvalue weighted by Gasteiger charge is 2.52. The van der Waals surface area contributed by atoms with Crippen LogP contribution in [-0.2, 0) is 20.0 Å². The van der Waals surface area contributed by atoms with Gasteiger partial charge in [-0.1, -0.05) is 64.3 Å². The van der Waals surface area contributed by atoms with Gasteiger partial charge in [0, 0.05) is 42.4 Å². The highest BCUT2D eigenvalue weighted by molar-refractivity contribution is 6.30. The number of benzene rings is 1. The van der Waals surface area contributed by atoms with Crippen molar-refractivity contribution in [2.45, 2.75) is 65.4 Å². The summed E-state index contributed by atoms with van der Waals surface area (Å²) in [4.78, 5) is 33.6. The number of nitrogens with one attached hydrogen (secondary N) is 1. The maximum absolute atomic E-state index is 13.5. The summed E-state index contributed by atoms with van der Waals surface area (Å²) < 4.78 is 0. The van der Waals surface area contributed by atoms with Gasteiger partial charge in [-0.25, -0.2) is 5.90 Å². The first-order chi connectivity index (χ1) is 15.1. The number of piperidine rings is 1. The van der Waals surface area contributed by atoms with Crippen LogP contribution in [0.2, 0.25) is 5.02 Å². The Labute approximate surface area is 197 Å². The number of amides is 2. The van der Waals surface area contributed by atoms with Crippen LogP contribution in [0.4, 0.5) is 0 Å². The molecule has 1 unspecified atom stereocenters. The standard InChI is InChI=1S/C25H38ClN3O3/c1-17(2)21(15-28-22(30)18-7-5-6-8-18)23(31)29-14-13-25(32-27,24(3,4)16-29)19-9-11-20(26)12-10-19/h9-12,17-18,21H,5-8,13-16,27H2,1-4H3,(H,28,30)/t21-,25?/m1/s1. The zero-order chi connectivity index (χ0) is 23.5. The van der Waals surface area contributed by atoms with Crippen LogP contribution in [0, 0.1) is 23.2 Å². The Hall–Kier alpha value is -1.63. The van der Waals surface area contributed by atoms with E-state index in [1.54, 1.807) is 0 Å². The maximum Gasteiger partial charge on any atom is 0.227 e. The SMILES string of the molecule is CC(C)[C@@H](CNC(=O)C1CCCC1)C(=O)N1CCC(ON)(c2ccc(Cl)cc2)C(C)(C)C1. The molecule has 1 saturated heterocycles. The highest BCUT2D eigenvalue weighted by atomic mass is 35.5. The van der Waals surface area contributed by atoms with E-state index in [0.717, 1.165) is 31.2 Å². The van der Waals surface area contributed by atoms with Crippen molar-refractivity contribution in [3.8, 4) is 0 Å². The summed E-state index contributed by atoms with van der Waals surface area (Å²) in [5.41, 5.74) is -0.165. The number of carbonyl (C=O) groups excluding carboxylic acids is 2. The van der Waals surface area contributed by atoms with Crippen LogP contribution >= 0.6 is 11.6 Å². The zero-order valence-electron chi connectivity index (χ0n) is 19.8.